The summed E-state index contributed by atoms with van der Waals surface area (Å²) < 4.78 is 4.92. The predicted octanol–water partition coefficient (Wildman–Crippen LogP) is 4.83. The minimum absolute atomic E-state index is 0.319. The fourth-order valence-corrected chi connectivity index (χ4v) is 3.25. The molecular weight excluding hydrogens is 318 g/mol. The normalized spacial score (nSPS) is 10.4. The fraction of sp³-hybridized carbons (Fsp3) is 0.100. The van der Waals surface area contributed by atoms with Gasteiger partial charge in [0, 0.05) is 23.0 Å². The molecule has 0 saturated heterocycles. The first-order valence-corrected chi connectivity index (χ1v) is 8.56. The Kier molecular flexibility index (Phi) is 5.29. The lowest BCUT2D eigenvalue weighted by molar-refractivity contribution is 0.0601. The molecule has 3 rings (SSSR count). The number of methoxy groups -OCH3 is 1. The first kappa shape index (κ1) is 16.3. The summed E-state index contributed by atoms with van der Waals surface area (Å²) in [5.74, 6) is 0.493. The van der Waals surface area contributed by atoms with E-state index in [1.54, 1.807) is 18.0 Å². The van der Waals surface area contributed by atoms with Crippen LogP contribution in [-0.2, 0) is 10.5 Å². The first-order chi connectivity index (χ1) is 11.8. The van der Waals surface area contributed by atoms with Crippen molar-refractivity contribution in [3.8, 4) is 11.1 Å². The second-order valence-electron chi connectivity index (χ2n) is 5.21. The van der Waals surface area contributed by atoms with Crippen LogP contribution in [0.5, 0.6) is 0 Å². The maximum Gasteiger partial charge on any atom is 0.338 e. The third-order valence-electron chi connectivity index (χ3n) is 3.61. The van der Waals surface area contributed by atoms with Crippen LogP contribution in [0.4, 0.5) is 0 Å². The van der Waals surface area contributed by atoms with E-state index >= 15 is 0 Å². The summed E-state index contributed by atoms with van der Waals surface area (Å²) in [6, 6.07) is 19.7. The number of carbonyl (C=O) groups excluding carboxylic acids is 1. The lowest BCUT2D eigenvalue weighted by Gasteiger charge is -2.11. The highest BCUT2D eigenvalue weighted by Gasteiger charge is 2.14. The Balaban J connectivity index is 1.91. The van der Waals surface area contributed by atoms with Crippen molar-refractivity contribution in [2.24, 2.45) is 0 Å². The molecular formula is C20H17NO2S. The van der Waals surface area contributed by atoms with Crippen LogP contribution in [0.3, 0.4) is 0 Å². The summed E-state index contributed by atoms with van der Waals surface area (Å²) in [5.41, 5.74) is 3.63. The number of ether oxygens (including phenoxy) is 1. The number of hydrogen-bond acceptors (Lipinski definition) is 4. The standard InChI is InChI=1S/C20H17NO2S/c1-23-20(22)18-10-9-15(14-24-17-8-5-11-21-13-17)12-19(18)16-6-3-2-4-7-16/h2-13H,14H2,1H3. The van der Waals surface area contributed by atoms with Crippen molar-refractivity contribution < 1.29 is 9.53 Å². The van der Waals surface area contributed by atoms with Gasteiger partial charge in [0.2, 0.25) is 0 Å². The van der Waals surface area contributed by atoms with Crippen molar-refractivity contribution in [2.45, 2.75) is 10.6 Å². The molecule has 0 spiro atoms. The third kappa shape index (κ3) is 3.84. The van der Waals surface area contributed by atoms with Crippen LogP contribution in [0.15, 0.2) is 78.0 Å². The first-order valence-electron chi connectivity index (χ1n) is 7.57. The number of pyridine rings is 1. The van der Waals surface area contributed by atoms with Gasteiger partial charge in [-0.3, -0.25) is 4.98 Å². The topological polar surface area (TPSA) is 39.2 Å². The Hall–Kier alpha value is -2.59. The van der Waals surface area contributed by atoms with Gasteiger partial charge in [0.05, 0.1) is 12.7 Å². The lowest BCUT2D eigenvalue weighted by atomic mass is 9.97. The van der Waals surface area contributed by atoms with Crippen LogP contribution in [0.2, 0.25) is 0 Å². The average molecular weight is 335 g/mol. The number of aromatic nitrogens is 1. The molecule has 0 radical (unpaired) electrons. The summed E-state index contributed by atoms with van der Waals surface area (Å²) in [6.07, 6.45) is 3.62. The molecule has 0 saturated carbocycles. The Morgan fingerprint density at radius 3 is 2.62 bits per heavy atom. The molecule has 0 aliphatic carbocycles. The maximum atomic E-state index is 12.1. The number of nitrogens with zero attached hydrogens (tertiary/aromatic N) is 1. The smallest absolute Gasteiger partial charge is 0.338 e. The molecule has 0 N–H and O–H groups in total. The molecule has 2 aromatic carbocycles. The van der Waals surface area contributed by atoms with Crippen molar-refractivity contribution in [2.75, 3.05) is 7.11 Å². The number of thioether (sulfide) groups is 1. The molecule has 24 heavy (non-hydrogen) atoms. The van der Waals surface area contributed by atoms with Gasteiger partial charge in [-0.2, -0.15) is 0 Å². The van der Waals surface area contributed by atoms with Crippen LogP contribution >= 0.6 is 11.8 Å². The summed E-state index contributed by atoms with van der Waals surface area (Å²) in [4.78, 5) is 17.3. The highest BCUT2D eigenvalue weighted by atomic mass is 32.2. The van der Waals surface area contributed by atoms with Gasteiger partial charge < -0.3 is 4.74 Å². The molecule has 1 aromatic heterocycles. The minimum atomic E-state index is -0.319. The third-order valence-corrected chi connectivity index (χ3v) is 4.67. The molecule has 0 unspecified atom stereocenters. The zero-order chi connectivity index (χ0) is 16.8. The van der Waals surface area contributed by atoms with E-state index in [-0.39, 0.29) is 5.97 Å². The quantitative estimate of drug-likeness (QED) is 0.495. The van der Waals surface area contributed by atoms with Gasteiger partial charge in [-0.15, -0.1) is 11.8 Å². The molecule has 3 nitrogen and oxygen atoms in total. The molecule has 120 valence electrons. The van der Waals surface area contributed by atoms with E-state index in [4.69, 9.17) is 4.74 Å². The lowest BCUT2D eigenvalue weighted by Crippen LogP contribution is -2.04. The molecule has 0 bridgehead atoms. The SMILES string of the molecule is COC(=O)c1ccc(CSc2cccnc2)cc1-c1ccccc1. The van der Waals surface area contributed by atoms with Crippen molar-refractivity contribution in [1.82, 2.24) is 4.98 Å². The van der Waals surface area contributed by atoms with Crippen molar-refractivity contribution in [3.63, 3.8) is 0 Å². The number of carbonyl (C=O) groups is 1. The Bertz CT molecular complexity index is 820. The second-order valence-corrected chi connectivity index (χ2v) is 6.26. The van der Waals surface area contributed by atoms with Crippen LogP contribution in [0.25, 0.3) is 11.1 Å². The van der Waals surface area contributed by atoms with E-state index in [1.165, 1.54) is 7.11 Å². The molecule has 0 aliphatic rings. The average Bonchev–Trinajstić information content (AvgIpc) is 2.67. The zero-order valence-corrected chi connectivity index (χ0v) is 14.1. The van der Waals surface area contributed by atoms with E-state index < -0.39 is 0 Å². The van der Waals surface area contributed by atoms with Gasteiger partial charge in [0.15, 0.2) is 0 Å². The zero-order valence-electron chi connectivity index (χ0n) is 13.3. The van der Waals surface area contributed by atoms with Crippen molar-refractivity contribution in [1.29, 1.82) is 0 Å². The number of esters is 1. The summed E-state index contributed by atoms with van der Waals surface area (Å²) in [6.45, 7) is 0. The Morgan fingerprint density at radius 1 is 1.08 bits per heavy atom. The molecule has 3 aromatic rings. The van der Waals surface area contributed by atoms with E-state index in [2.05, 4.69) is 11.1 Å². The van der Waals surface area contributed by atoms with Gasteiger partial charge in [0.25, 0.3) is 0 Å². The van der Waals surface area contributed by atoms with Gasteiger partial charge in [0.1, 0.15) is 0 Å². The van der Waals surface area contributed by atoms with Crippen LogP contribution in [0.1, 0.15) is 15.9 Å². The largest absolute Gasteiger partial charge is 0.465 e. The van der Waals surface area contributed by atoms with E-state index in [1.807, 2.05) is 60.8 Å². The van der Waals surface area contributed by atoms with Crippen LogP contribution in [0, 0.1) is 0 Å². The minimum Gasteiger partial charge on any atom is -0.465 e. The monoisotopic (exact) mass is 335 g/mol. The highest BCUT2D eigenvalue weighted by molar-refractivity contribution is 7.98. The van der Waals surface area contributed by atoms with Gasteiger partial charge >= 0.3 is 5.97 Å². The van der Waals surface area contributed by atoms with Crippen molar-refractivity contribution >= 4 is 17.7 Å². The molecule has 0 atom stereocenters. The van der Waals surface area contributed by atoms with Gasteiger partial charge in [-0.05, 0) is 41.0 Å². The van der Waals surface area contributed by atoms with Crippen LogP contribution < -0.4 is 0 Å². The van der Waals surface area contributed by atoms with E-state index in [0.29, 0.717) is 5.56 Å². The maximum absolute atomic E-state index is 12.1. The summed E-state index contributed by atoms with van der Waals surface area (Å²) in [5, 5.41) is 0. The van der Waals surface area contributed by atoms with Gasteiger partial charge in [-0.1, -0.05) is 36.4 Å². The number of hydrogen-bond donors (Lipinski definition) is 0. The molecule has 4 heteroatoms. The molecule has 0 amide bonds. The summed E-state index contributed by atoms with van der Waals surface area (Å²) in [7, 11) is 1.41. The predicted molar refractivity (Wildman–Crippen MR) is 97.0 cm³/mol. The Morgan fingerprint density at radius 2 is 1.92 bits per heavy atom. The van der Waals surface area contributed by atoms with E-state index in [9.17, 15) is 4.79 Å². The van der Waals surface area contributed by atoms with E-state index in [0.717, 1.165) is 27.3 Å². The summed E-state index contributed by atoms with van der Waals surface area (Å²) >= 11 is 1.72. The van der Waals surface area contributed by atoms with Gasteiger partial charge in [-0.25, -0.2) is 4.79 Å². The number of benzene rings is 2. The van der Waals surface area contributed by atoms with Crippen molar-refractivity contribution in [3.05, 3.63) is 84.2 Å². The molecule has 0 fully saturated rings. The Labute approximate surface area is 145 Å². The number of rotatable bonds is 5. The molecule has 0 aliphatic heterocycles. The van der Waals surface area contributed by atoms with Crippen LogP contribution in [-0.4, -0.2) is 18.1 Å². The second kappa shape index (κ2) is 7.79. The molecule has 1 heterocycles. The highest BCUT2D eigenvalue weighted by Crippen LogP contribution is 2.29. The fourth-order valence-electron chi connectivity index (χ4n) is 2.42.